The van der Waals surface area contributed by atoms with Gasteiger partial charge in [-0.05, 0) is 61.4 Å². The largest absolute Gasteiger partial charge is 0.508 e. The van der Waals surface area contributed by atoms with Gasteiger partial charge in [0.15, 0.2) is 17.1 Å². The topological polar surface area (TPSA) is 122 Å². The second-order valence-electron chi connectivity index (χ2n) is 11.6. The second-order valence-corrected chi connectivity index (χ2v) is 11.6. The third-order valence-electron chi connectivity index (χ3n) is 8.66. The predicted octanol–water partition coefficient (Wildman–Crippen LogP) is 5.47. The number of aromatic hydroxyl groups is 1. The number of rotatable bonds is 5. The molecular formula is C33H28N6O2. The molecule has 0 amide bonds. The minimum absolute atomic E-state index is 0.152. The number of phenols is 1. The van der Waals surface area contributed by atoms with Gasteiger partial charge in [0.25, 0.3) is 0 Å². The molecule has 2 aliphatic carbocycles. The van der Waals surface area contributed by atoms with E-state index in [1.807, 2.05) is 52.9 Å². The van der Waals surface area contributed by atoms with E-state index in [0.29, 0.717) is 41.4 Å². The van der Waals surface area contributed by atoms with Crippen molar-refractivity contribution < 1.29 is 10.2 Å². The van der Waals surface area contributed by atoms with E-state index in [1.54, 1.807) is 18.2 Å². The fourth-order valence-corrected chi connectivity index (χ4v) is 6.43. The molecule has 8 rings (SSSR count). The average Bonchev–Trinajstić information content (AvgIpc) is 3.75. The Labute approximate surface area is 236 Å². The van der Waals surface area contributed by atoms with Crippen LogP contribution in [0, 0.1) is 5.92 Å². The summed E-state index contributed by atoms with van der Waals surface area (Å²) in [5.41, 5.74) is 12.7. The third-order valence-corrected chi connectivity index (χ3v) is 8.66. The Morgan fingerprint density at radius 1 is 0.756 bits per heavy atom. The van der Waals surface area contributed by atoms with Crippen LogP contribution in [0.2, 0.25) is 0 Å². The molecule has 0 radical (unpaired) electrons. The Morgan fingerprint density at radius 2 is 1.46 bits per heavy atom. The van der Waals surface area contributed by atoms with Crippen molar-refractivity contribution in [2.45, 2.75) is 36.8 Å². The predicted molar refractivity (Wildman–Crippen MR) is 157 cm³/mol. The van der Waals surface area contributed by atoms with Crippen LogP contribution in [0.3, 0.4) is 0 Å². The zero-order chi connectivity index (χ0) is 27.8. The van der Waals surface area contributed by atoms with E-state index in [4.69, 9.17) is 15.7 Å². The van der Waals surface area contributed by atoms with E-state index >= 15 is 0 Å². The number of benzene rings is 3. The van der Waals surface area contributed by atoms with E-state index in [0.717, 1.165) is 46.5 Å². The van der Waals surface area contributed by atoms with Gasteiger partial charge in [-0.2, -0.15) is 0 Å². The molecule has 202 valence electrons. The zero-order valence-electron chi connectivity index (χ0n) is 22.3. The maximum Gasteiger partial charge on any atom is 0.170 e. The number of fused-ring (bicyclic) bond motifs is 3. The molecule has 0 aliphatic heterocycles. The first-order valence-electron chi connectivity index (χ1n) is 13.9. The summed E-state index contributed by atoms with van der Waals surface area (Å²) >= 11 is 0. The second kappa shape index (κ2) is 8.67. The Balaban J connectivity index is 1.27. The minimum Gasteiger partial charge on any atom is -0.508 e. The molecule has 8 heteroatoms. The Kier molecular flexibility index (Phi) is 5.11. The maximum atomic E-state index is 10.9. The molecule has 0 unspecified atom stereocenters. The van der Waals surface area contributed by atoms with Gasteiger partial charge in [-0.3, -0.25) is 4.40 Å². The molecule has 6 aromatic rings. The van der Waals surface area contributed by atoms with Crippen LogP contribution in [0.25, 0.3) is 50.7 Å². The van der Waals surface area contributed by atoms with Crippen LogP contribution in [0.4, 0.5) is 0 Å². The summed E-state index contributed by atoms with van der Waals surface area (Å²) in [5.74, 6) is 1.14. The van der Waals surface area contributed by atoms with Crippen LogP contribution in [-0.4, -0.2) is 40.4 Å². The summed E-state index contributed by atoms with van der Waals surface area (Å²) in [5, 5.41) is 29.8. The van der Waals surface area contributed by atoms with Crippen molar-refractivity contribution in [3.05, 3.63) is 96.6 Å². The lowest BCUT2D eigenvalue weighted by molar-refractivity contribution is -0.106. The van der Waals surface area contributed by atoms with Gasteiger partial charge in [-0.25, -0.2) is 9.97 Å². The lowest BCUT2D eigenvalue weighted by atomic mass is 9.60. The van der Waals surface area contributed by atoms with Gasteiger partial charge >= 0.3 is 0 Å². The molecule has 3 aromatic carbocycles. The van der Waals surface area contributed by atoms with E-state index in [-0.39, 0.29) is 5.75 Å². The normalized spacial score (nSPS) is 22.2. The van der Waals surface area contributed by atoms with Crippen molar-refractivity contribution in [3.63, 3.8) is 0 Å². The van der Waals surface area contributed by atoms with Gasteiger partial charge in [-0.15, -0.1) is 10.2 Å². The van der Waals surface area contributed by atoms with E-state index in [1.165, 1.54) is 0 Å². The summed E-state index contributed by atoms with van der Waals surface area (Å²) < 4.78 is 1.88. The highest BCUT2D eigenvalue weighted by molar-refractivity contribution is 5.87. The smallest absolute Gasteiger partial charge is 0.170 e. The highest BCUT2D eigenvalue weighted by Gasteiger charge is 2.58. The highest BCUT2D eigenvalue weighted by atomic mass is 16.3. The summed E-state index contributed by atoms with van der Waals surface area (Å²) in [6, 6.07) is 29.0. The highest BCUT2D eigenvalue weighted by Crippen LogP contribution is 2.57. The van der Waals surface area contributed by atoms with Crippen molar-refractivity contribution in [2.75, 3.05) is 0 Å². The fourth-order valence-electron chi connectivity index (χ4n) is 6.43. The molecule has 0 saturated heterocycles. The molecule has 3 aromatic heterocycles. The van der Waals surface area contributed by atoms with E-state index in [2.05, 4.69) is 34.5 Å². The number of nitrogens with two attached hydrogens (primary N) is 1. The molecule has 8 nitrogen and oxygen atoms in total. The summed E-state index contributed by atoms with van der Waals surface area (Å²) in [7, 11) is 0. The summed E-state index contributed by atoms with van der Waals surface area (Å²) in [6.45, 7) is 0. The minimum atomic E-state index is -0.609. The van der Waals surface area contributed by atoms with Gasteiger partial charge in [-0.1, -0.05) is 66.7 Å². The van der Waals surface area contributed by atoms with Crippen molar-refractivity contribution in [1.82, 2.24) is 24.6 Å². The molecule has 0 atom stereocenters. The van der Waals surface area contributed by atoms with Crippen LogP contribution >= 0.6 is 0 Å². The number of hydrogen-bond acceptors (Lipinski definition) is 7. The standard InChI is InChI=1S/C33H28N6O2/c34-32(18-33(41,19-32)24-13-14-24)23-11-9-21(10-12-23)28-29(20-5-2-1-3-6-20)36-31-26(35-28)15-16-27-37-38-30(39(27)31)22-7-4-8-25(40)17-22/h1-12,15-17,24,40-41H,13-14,18-19,34H2. The zero-order valence-corrected chi connectivity index (χ0v) is 22.3. The lowest BCUT2D eigenvalue weighted by Crippen LogP contribution is -2.60. The van der Waals surface area contributed by atoms with E-state index in [9.17, 15) is 10.2 Å². The molecule has 2 saturated carbocycles. The molecule has 41 heavy (non-hydrogen) atoms. The van der Waals surface area contributed by atoms with Crippen LogP contribution in [0.15, 0.2) is 91.0 Å². The van der Waals surface area contributed by atoms with Crippen molar-refractivity contribution in [3.8, 4) is 39.7 Å². The number of aliphatic hydroxyl groups is 1. The molecule has 0 bridgehead atoms. The number of hydrogen-bond donors (Lipinski definition) is 3. The van der Waals surface area contributed by atoms with Crippen molar-refractivity contribution in [1.29, 1.82) is 0 Å². The maximum absolute atomic E-state index is 10.9. The summed E-state index contributed by atoms with van der Waals surface area (Å²) in [4.78, 5) is 10.3. The van der Waals surface area contributed by atoms with Crippen LogP contribution in [0.5, 0.6) is 5.75 Å². The molecule has 2 aliphatic rings. The van der Waals surface area contributed by atoms with Crippen LogP contribution < -0.4 is 5.73 Å². The Hall–Kier alpha value is -4.66. The Morgan fingerprint density at radius 3 is 2.20 bits per heavy atom. The number of pyridine rings is 1. The Bertz CT molecular complexity index is 1940. The molecule has 3 heterocycles. The molecule has 4 N–H and O–H groups in total. The van der Waals surface area contributed by atoms with Gasteiger partial charge < -0.3 is 15.9 Å². The number of aromatic nitrogens is 5. The van der Waals surface area contributed by atoms with Gasteiger partial charge in [0.1, 0.15) is 11.3 Å². The average molecular weight is 541 g/mol. The molecule has 0 spiro atoms. The van der Waals surface area contributed by atoms with Gasteiger partial charge in [0.05, 0.1) is 17.0 Å². The van der Waals surface area contributed by atoms with Crippen LogP contribution in [-0.2, 0) is 5.54 Å². The number of phenolic OH excluding ortho intramolecular Hbond substituents is 1. The fraction of sp³-hybridized carbons (Fsp3) is 0.212. The van der Waals surface area contributed by atoms with Gasteiger partial charge in [0.2, 0.25) is 0 Å². The van der Waals surface area contributed by atoms with Crippen molar-refractivity contribution >= 4 is 16.8 Å². The first-order valence-corrected chi connectivity index (χ1v) is 13.9. The van der Waals surface area contributed by atoms with Gasteiger partial charge in [0, 0.05) is 22.2 Å². The number of nitrogens with zero attached hydrogens (tertiary/aromatic N) is 5. The van der Waals surface area contributed by atoms with Crippen LogP contribution in [0.1, 0.15) is 31.2 Å². The lowest BCUT2D eigenvalue weighted by Gasteiger charge is -2.52. The third kappa shape index (κ3) is 3.90. The van der Waals surface area contributed by atoms with Crippen molar-refractivity contribution in [2.24, 2.45) is 11.7 Å². The quantitative estimate of drug-likeness (QED) is 0.265. The SMILES string of the molecule is NC1(c2ccc(-c3nc4ccc5nnc(-c6cccc(O)c6)n5c4nc3-c3ccccc3)cc2)CC(O)(C2CC2)C1. The summed E-state index contributed by atoms with van der Waals surface area (Å²) in [6.07, 6.45) is 3.41. The molecule has 2 fully saturated rings. The monoisotopic (exact) mass is 540 g/mol. The molecular weight excluding hydrogens is 512 g/mol. The van der Waals surface area contributed by atoms with E-state index < -0.39 is 11.1 Å². The first kappa shape index (κ1) is 24.2. The first-order chi connectivity index (χ1) is 19.9.